The van der Waals surface area contributed by atoms with Crippen LogP contribution in [0.5, 0.6) is 0 Å². The minimum absolute atomic E-state index is 0.308. The van der Waals surface area contributed by atoms with E-state index < -0.39 is 0 Å². The molecule has 0 spiro atoms. The average Bonchev–Trinajstić information content (AvgIpc) is 2.85. The van der Waals surface area contributed by atoms with Crippen LogP contribution in [-0.4, -0.2) is 16.1 Å². The third-order valence-electron chi connectivity index (χ3n) is 3.27. The van der Waals surface area contributed by atoms with Crippen molar-refractivity contribution < 1.29 is 4.79 Å². The molecular weight excluding hydrogens is 366 g/mol. The van der Waals surface area contributed by atoms with Crippen LogP contribution in [0.1, 0.15) is 10.4 Å². The third kappa shape index (κ3) is 2.65. The van der Waals surface area contributed by atoms with Crippen LogP contribution in [0.2, 0.25) is 5.02 Å². The molecule has 4 nitrogen and oxygen atoms in total. The van der Waals surface area contributed by atoms with Gasteiger partial charge in [-0.15, -0.1) is 0 Å². The number of nitrogens with two attached hydrogens (primary N) is 1. The van der Waals surface area contributed by atoms with E-state index in [9.17, 15) is 4.79 Å². The van der Waals surface area contributed by atoms with E-state index in [1.807, 2.05) is 36.4 Å². The van der Waals surface area contributed by atoms with Gasteiger partial charge in [0.05, 0.1) is 11.3 Å². The van der Waals surface area contributed by atoms with Gasteiger partial charge < -0.3 is 5.73 Å². The quantitative estimate of drug-likeness (QED) is 0.691. The van der Waals surface area contributed by atoms with E-state index in [0.29, 0.717) is 22.1 Å². The summed E-state index contributed by atoms with van der Waals surface area (Å²) in [7, 11) is 0. The van der Waals surface area contributed by atoms with Crippen molar-refractivity contribution in [3.63, 3.8) is 0 Å². The molecule has 1 aromatic heterocycles. The highest BCUT2D eigenvalue weighted by Crippen LogP contribution is 2.29. The zero-order valence-corrected chi connectivity index (χ0v) is 13.7. The maximum Gasteiger partial charge on any atom is 0.156 e. The topological polar surface area (TPSA) is 60.9 Å². The number of halogens is 2. The summed E-state index contributed by atoms with van der Waals surface area (Å²) < 4.78 is 2.51. The van der Waals surface area contributed by atoms with Gasteiger partial charge in [-0.1, -0.05) is 39.7 Å². The Morgan fingerprint density at radius 3 is 2.32 bits per heavy atom. The number of aldehydes is 1. The van der Waals surface area contributed by atoms with E-state index in [4.69, 9.17) is 17.3 Å². The number of nitrogens with zero attached hydrogens (tertiary/aromatic N) is 2. The molecule has 0 aliphatic carbocycles. The lowest BCUT2D eigenvalue weighted by molar-refractivity contribution is 0.112. The molecule has 0 radical (unpaired) electrons. The van der Waals surface area contributed by atoms with E-state index in [0.717, 1.165) is 22.0 Å². The van der Waals surface area contributed by atoms with E-state index >= 15 is 0 Å². The highest BCUT2D eigenvalue weighted by Gasteiger charge is 2.17. The molecule has 3 aromatic rings. The fourth-order valence-corrected chi connectivity index (χ4v) is 2.55. The van der Waals surface area contributed by atoms with Gasteiger partial charge in [0.15, 0.2) is 6.29 Å². The molecule has 22 heavy (non-hydrogen) atoms. The van der Waals surface area contributed by atoms with Gasteiger partial charge >= 0.3 is 0 Å². The molecule has 0 saturated heterocycles. The summed E-state index contributed by atoms with van der Waals surface area (Å²) in [6, 6.07) is 14.6. The number of carbonyl (C=O) groups is 1. The number of nitrogen functional groups attached to an aromatic ring is 1. The molecule has 0 bridgehead atoms. The van der Waals surface area contributed by atoms with Crippen molar-refractivity contribution in [2.45, 2.75) is 0 Å². The van der Waals surface area contributed by atoms with Crippen LogP contribution in [0.15, 0.2) is 53.0 Å². The summed E-state index contributed by atoms with van der Waals surface area (Å²) in [5.41, 5.74) is 8.55. The van der Waals surface area contributed by atoms with Crippen LogP contribution in [0.25, 0.3) is 16.9 Å². The summed E-state index contributed by atoms with van der Waals surface area (Å²) in [5.74, 6) is 0.308. The maximum atomic E-state index is 11.4. The summed E-state index contributed by atoms with van der Waals surface area (Å²) in [6.45, 7) is 0. The Morgan fingerprint density at radius 2 is 1.73 bits per heavy atom. The van der Waals surface area contributed by atoms with Gasteiger partial charge in [-0.3, -0.25) is 4.79 Å². The van der Waals surface area contributed by atoms with Crippen LogP contribution >= 0.6 is 27.5 Å². The fourth-order valence-electron chi connectivity index (χ4n) is 2.16. The molecule has 110 valence electrons. The fraction of sp³-hybridized carbons (Fsp3) is 0. The smallest absolute Gasteiger partial charge is 0.156 e. The van der Waals surface area contributed by atoms with Crippen molar-refractivity contribution >= 4 is 39.6 Å². The summed E-state index contributed by atoms with van der Waals surface area (Å²) in [5, 5.41) is 5.10. The van der Waals surface area contributed by atoms with Crippen LogP contribution < -0.4 is 5.73 Å². The number of anilines is 1. The molecule has 0 unspecified atom stereocenters. The number of hydrogen-bond donors (Lipinski definition) is 1. The van der Waals surface area contributed by atoms with Gasteiger partial charge in [-0.2, -0.15) is 5.10 Å². The highest BCUT2D eigenvalue weighted by atomic mass is 79.9. The van der Waals surface area contributed by atoms with Crippen molar-refractivity contribution in [2.75, 3.05) is 5.73 Å². The zero-order chi connectivity index (χ0) is 15.7. The zero-order valence-electron chi connectivity index (χ0n) is 11.3. The van der Waals surface area contributed by atoms with Crippen molar-refractivity contribution in [3.8, 4) is 16.9 Å². The predicted molar refractivity (Wildman–Crippen MR) is 91.5 cm³/mol. The van der Waals surface area contributed by atoms with Gasteiger partial charge in [-0.05, 0) is 36.4 Å². The van der Waals surface area contributed by atoms with Gasteiger partial charge in [0, 0.05) is 15.1 Å². The first kappa shape index (κ1) is 14.8. The first-order valence-corrected chi connectivity index (χ1v) is 7.63. The molecule has 0 aliphatic heterocycles. The Balaban J connectivity index is 2.16. The Kier molecular flexibility index (Phi) is 4.00. The van der Waals surface area contributed by atoms with E-state index in [1.54, 1.807) is 16.8 Å². The van der Waals surface area contributed by atoms with Crippen molar-refractivity contribution in [3.05, 3.63) is 63.6 Å². The SMILES string of the molecule is Nc1c(C=O)c(-c2ccc(Cl)cc2)nn1-c1ccc(Br)cc1. The second-order valence-corrected chi connectivity index (χ2v) is 6.01. The van der Waals surface area contributed by atoms with Crippen molar-refractivity contribution in [1.29, 1.82) is 0 Å². The normalized spacial score (nSPS) is 10.6. The number of aromatic nitrogens is 2. The molecule has 1 heterocycles. The van der Waals surface area contributed by atoms with Crippen molar-refractivity contribution in [1.82, 2.24) is 9.78 Å². The standard InChI is InChI=1S/C16H11BrClN3O/c17-11-3-7-13(8-4-11)21-16(19)14(9-22)15(20-21)10-1-5-12(18)6-2-10/h1-9H,19H2. The highest BCUT2D eigenvalue weighted by molar-refractivity contribution is 9.10. The van der Waals surface area contributed by atoms with Gasteiger partial charge in [0.25, 0.3) is 0 Å². The molecule has 0 aliphatic rings. The summed E-state index contributed by atoms with van der Waals surface area (Å²) >= 11 is 9.28. The van der Waals surface area contributed by atoms with E-state index in [-0.39, 0.29) is 0 Å². The van der Waals surface area contributed by atoms with Gasteiger partial charge in [-0.25, -0.2) is 4.68 Å². The Labute approximate surface area is 140 Å². The number of hydrogen-bond acceptors (Lipinski definition) is 3. The van der Waals surface area contributed by atoms with Crippen LogP contribution in [-0.2, 0) is 0 Å². The minimum Gasteiger partial charge on any atom is -0.383 e. The lowest BCUT2D eigenvalue weighted by Gasteiger charge is -2.03. The van der Waals surface area contributed by atoms with Crippen LogP contribution in [0, 0.1) is 0 Å². The number of benzene rings is 2. The monoisotopic (exact) mass is 375 g/mol. The number of rotatable bonds is 3. The number of carbonyl (C=O) groups excluding carboxylic acids is 1. The molecule has 0 amide bonds. The van der Waals surface area contributed by atoms with Crippen LogP contribution in [0.3, 0.4) is 0 Å². The second kappa shape index (κ2) is 5.94. The predicted octanol–water partition coefficient (Wildman–Crippen LogP) is 4.35. The third-order valence-corrected chi connectivity index (χ3v) is 4.05. The van der Waals surface area contributed by atoms with Crippen LogP contribution in [0.4, 0.5) is 5.82 Å². The molecule has 2 N–H and O–H groups in total. The van der Waals surface area contributed by atoms with Crippen molar-refractivity contribution in [2.24, 2.45) is 0 Å². The summed E-state index contributed by atoms with van der Waals surface area (Å²) in [6.07, 6.45) is 0.724. The second-order valence-electron chi connectivity index (χ2n) is 4.66. The lowest BCUT2D eigenvalue weighted by atomic mass is 10.1. The largest absolute Gasteiger partial charge is 0.383 e. The van der Waals surface area contributed by atoms with Gasteiger partial charge in [0.2, 0.25) is 0 Å². The molecule has 6 heteroatoms. The Bertz CT molecular complexity index is 826. The van der Waals surface area contributed by atoms with E-state index in [2.05, 4.69) is 21.0 Å². The maximum absolute atomic E-state index is 11.4. The first-order valence-electron chi connectivity index (χ1n) is 6.45. The summed E-state index contributed by atoms with van der Waals surface area (Å²) in [4.78, 5) is 11.4. The Morgan fingerprint density at radius 1 is 1.09 bits per heavy atom. The minimum atomic E-state index is 0.308. The Hall–Kier alpha value is -2.11. The molecule has 0 atom stereocenters. The van der Waals surface area contributed by atoms with Gasteiger partial charge in [0.1, 0.15) is 11.5 Å². The molecule has 3 rings (SSSR count). The van der Waals surface area contributed by atoms with E-state index in [1.165, 1.54) is 0 Å². The molecule has 2 aromatic carbocycles. The average molecular weight is 377 g/mol. The molecule has 0 fully saturated rings. The lowest BCUT2D eigenvalue weighted by Crippen LogP contribution is -2.02. The molecule has 0 saturated carbocycles. The first-order chi connectivity index (χ1) is 10.6. The molecular formula is C16H11BrClN3O.